The Morgan fingerprint density at radius 3 is 2.50 bits per heavy atom. The van der Waals surface area contributed by atoms with Crippen molar-refractivity contribution in [2.45, 2.75) is 33.1 Å². The smallest absolute Gasteiger partial charge is 0.167 e. The molecule has 1 N–H and O–H groups in total. The molecule has 0 bridgehead atoms. The highest BCUT2D eigenvalue weighted by atomic mass is 79.9. The van der Waals surface area contributed by atoms with Crippen LogP contribution in [0.15, 0.2) is 44.3 Å². The number of unbranched alkanes of at least 4 members (excludes halogenated alkanes) is 1. The topological polar surface area (TPSA) is 41.8 Å². The Labute approximate surface area is 160 Å². The van der Waals surface area contributed by atoms with E-state index >= 15 is 0 Å². The van der Waals surface area contributed by atoms with Crippen molar-refractivity contribution >= 4 is 43.8 Å². The van der Waals surface area contributed by atoms with Gasteiger partial charge in [0.25, 0.3) is 0 Å². The average Bonchev–Trinajstić information content (AvgIpc) is 2.59. The Bertz CT molecular complexity index is 712. The summed E-state index contributed by atoms with van der Waals surface area (Å²) in [6.45, 7) is 4.55. The van der Waals surface area contributed by atoms with Crippen LogP contribution in [0.4, 0.5) is 5.69 Å². The van der Waals surface area contributed by atoms with Gasteiger partial charge >= 0.3 is 0 Å². The van der Waals surface area contributed by atoms with Crippen molar-refractivity contribution in [3.63, 3.8) is 0 Å². The molecule has 0 radical (unpaired) electrons. The van der Waals surface area contributed by atoms with Crippen LogP contribution in [0.3, 0.4) is 0 Å². The van der Waals surface area contributed by atoms with Gasteiger partial charge in [0.1, 0.15) is 0 Å². The van der Waals surface area contributed by atoms with E-state index in [1.807, 2.05) is 19.1 Å². The minimum absolute atomic E-state index is 0.0789. The highest BCUT2D eigenvalue weighted by molar-refractivity contribution is 9.13. The van der Waals surface area contributed by atoms with Gasteiger partial charge in [-0.1, -0.05) is 25.5 Å². The first kappa shape index (κ1) is 19.0. The molecule has 0 atom stereocenters. The number of nitrogens with zero attached hydrogens (tertiary/aromatic N) is 1. The lowest BCUT2D eigenvalue weighted by Crippen LogP contribution is -1.95. The summed E-state index contributed by atoms with van der Waals surface area (Å²) in [6, 6.07) is 9.93. The summed E-state index contributed by atoms with van der Waals surface area (Å²) in [5, 5.41) is 10.4. The highest BCUT2D eigenvalue weighted by Crippen LogP contribution is 2.39. The van der Waals surface area contributed by atoms with Gasteiger partial charge in [-0.2, -0.15) is 0 Å². The third-order valence-electron chi connectivity index (χ3n) is 3.59. The van der Waals surface area contributed by atoms with Crippen molar-refractivity contribution in [2.24, 2.45) is 4.99 Å². The van der Waals surface area contributed by atoms with Crippen molar-refractivity contribution in [1.29, 1.82) is 0 Å². The molecule has 0 fully saturated rings. The van der Waals surface area contributed by atoms with Crippen molar-refractivity contribution < 1.29 is 9.84 Å². The molecule has 0 spiro atoms. The Balaban J connectivity index is 2.25. The van der Waals surface area contributed by atoms with E-state index in [4.69, 9.17) is 4.74 Å². The molecule has 0 unspecified atom stereocenters. The standard InChI is InChI=1S/C19H21Br2NO2/c1-3-5-6-13-7-9-14(10-8-13)22-12-15-18(21)16(20)11-17(19(15)23)24-4-2/h7-12,23H,3-6H2,1-2H3. The Morgan fingerprint density at radius 1 is 1.17 bits per heavy atom. The summed E-state index contributed by atoms with van der Waals surface area (Å²) in [7, 11) is 0. The van der Waals surface area contributed by atoms with Gasteiger partial charge in [0.05, 0.1) is 17.9 Å². The van der Waals surface area contributed by atoms with Crippen molar-refractivity contribution in [1.82, 2.24) is 0 Å². The zero-order valence-electron chi connectivity index (χ0n) is 13.9. The molecule has 2 aromatic carbocycles. The van der Waals surface area contributed by atoms with Crippen LogP contribution in [0, 0.1) is 0 Å². The van der Waals surface area contributed by atoms with E-state index in [-0.39, 0.29) is 5.75 Å². The molecule has 0 aliphatic carbocycles. The fraction of sp³-hybridized carbons (Fsp3) is 0.316. The lowest BCUT2D eigenvalue weighted by Gasteiger charge is -2.11. The molecule has 0 heterocycles. The van der Waals surface area contributed by atoms with E-state index < -0.39 is 0 Å². The summed E-state index contributed by atoms with van der Waals surface area (Å²) in [4.78, 5) is 4.47. The second-order valence-corrected chi connectivity index (χ2v) is 7.04. The number of benzene rings is 2. The van der Waals surface area contributed by atoms with Gasteiger partial charge in [-0.25, -0.2) is 0 Å². The van der Waals surface area contributed by atoms with Crippen LogP contribution in [-0.2, 0) is 6.42 Å². The predicted octanol–water partition coefficient (Wildman–Crippen LogP) is 6.41. The van der Waals surface area contributed by atoms with Crippen molar-refractivity contribution in [3.05, 3.63) is 50.4 Å². The third-order valence-corrected chi connectivity index (χ3v) is 5.60. The first-order chi connectivity index (χ1) is 11.6. The Hall–Kier alpha value is -1.33. The largest absolute Gasteiger partial charge is 0.504 e. The first-order valence-electron chi connectivity index (χ1n) is 8.03. The Kier molecular flexibility index (Phi) is 7.31. The number of hydrogen-bond donors (Lipinski definition) is 1. The zero-order chi connectivity index (χ0) is 17.5. The quantitative estimate of drug-likeness (QED) is 0.491. The van der Waals surface area contributed by atoms with E-state index in [1.165, 1.54) is 18.4 Å². The molecule has 3 nitrogen and oxygen atoms in total. The molecule has 128 valence electrons. The summed E-state index contributed by atoms with van der Waals surface area (Å²) in [6.07, 6.45) is 5.13. The molecular formula is C19H21Br2NO2. The number of ether oxygens (including phenoxy) is 1. The number of phenols is 1. The minimum Gasteiger partial charge on any atom is -0.504 e. The number of phenolic OH excluding ortho intramolecular Hbond substituents is 1. The molecule has 0 aliphatic heterocycles. The second-order valence-electron chi connectivity index (χ2n) is 5.39. The number of aromatic hydroxyl groups is 1. The lowest BCUT2D eigenvalue weighted by molar-refractivity contribution is 0.317. The van der Waals surface area contributed by atoms with Gasteiger partial charge in [0.2, 0.25) is 0 Å². The molecular weight excluding hydrogens is 434 g/mol. The molecule has 24 heavy (non-hydrogen) atoms. The maximum absolute atomic E-state index is 10.4. The van der Waals surface area contributed by atoms with Crippen LogP contribution in [0.25, 0.3) is 0 Å². The fourth-order valence-corrected chi connectivity index (χ4v) is 3.09. The summed E-state index contributed by atoms with van der Waals surface area (Å²) < 4.78 is 7.00. The van der Waals surface area contributed by atoms with Crippen LogP contribution >= 0.6 is 31.9 Å². The number of aryl methyl sites for hydroxylation is 1. The molecule has 0 aromatic heterocycles. The molecule has 2 rings (SSSR count). The molecule has 0 amide bonds. The molecule has 5 heteroatoms. The second kappa shape index (κ2) is 9.23. The van der Waals surface area contributed by atoms with E-state index in [1.54, 1.807) is 12.3 Å². The van der Waals surface area contributed by atoms with Crippen LogP contribution in [0.5, 0.6) is 11.5 Å². The van der Waals surface area contributed by atoms with E-state index in [0.717, 1.165) is 21.1 Å². The summed E-state index contributed by atoms with van der Waals surface area (Å²) in [5.41, 5.74) is 2.75. The van der Waals surface area contributed by atoms with Gasteiger partial charge in [-0.15, -0.1) is 0 Å². The van der Waals surface area contributed by atoms with Crippen molar-refractivity contribution in [3.8, 4) is 11.5 Å². The molecule has 0 aliphatic rings. The molecule has 2 aromatic rings. The lowest BCUT2D eigenvalue weighted by atomic mass is 10.1. The average molecular weight is 455 g/mol. The fourth-order valence-electron chi connectivity index (χ4n) is 2.26. The van der Waals surface area contributed by atoms with E-state index in [2.05, 4.69) is 55.9 Å². The van der Waals surface area contributed by atoms with Crippen LogP contribution in [0.1, 0.15) is 37.8 Å². The number of halogens is 2. The van der Waals surface area contributed by atoms with Gasteiger partial charge in [0.15, 0.2) is 11.5 Å². The number of hydrogen-bond acceptors (Lipinski definition) is 3. The Morgan fingerprint density at radius 2 is 1.88 bits per heavy atom. The monoisotopic (exact) mass is 453 g/mol. The minimum atomic E-state index is 0.0789. The molecule has 0 saturated heterocycles. The SMILES string of the molecule is CCCCc1ccc(N=Cc2c(O)c(OCC)cc(Br)c2Br)cc1. The van der Waals surface area contributed by atoms with Gasteiger partial charge in [0, 0.05) is 15.2 Å². The van der Waals surface area contributed by atoms with E-state index in [0.29, 0.717) is 17.9 Å². The third kappa shape index (κ3) is 4.84. The summed E-state index contributed by atoms with van der Waals surface area (Å²) >= 11 is 6.94. The number of rotatable bonds is 7. The van der Waals surface area contributed by atoms with E-state index in [9.17, 15) is 5.11 Å². The normalized spacial score (nSPS) is 11.2. The zero-order valence-corrected chi connectivity index (χ0v) is 17.0. The highest BCUT2D eigenvalue weighted by Gasteiger charge is 2.14. The van der Waals surface area contributed by atoms with Crippen molar-refractivity contribution in [2.75, 3.05) is 6.61 Å². The van der Waals surface area contributed by atoms with Gasteiger partial charge < -0.3 is 9.84 Å². The first-order valence-corrected chi connectivity index (χ1v) is 9.62. The maximum Gasteiger partial charge on any atom is 0.167 e. The van der Waals surface area contributed by atoms with Gasteiger partial charge in [-0.3, -0.25) is 4.99 Å². The van der Waals surface area contributed by atoms with Crippen LogP contribution in [-0.4, -0.2) is 17.9 Å². The maximum atomic E-state index is 10.4. The number of aliphatic imine (C=N–C) groups is 1. The summed E-state index contributed by atoms with van der Waals surface area (Å²) in [5.74, 6) is 0.513. The van der Waals surface area contributed by atoms with Crippen LogP contribution in [0.2, 0.25) is 0 Å². The predicted molar refractivity (Wildman–Crippen MR) is 107 cm³/mol. The van der Waals surface area contributed by atoms with Crippen LogP contribution < -0.4 is 4.74 Å². The van der Waals surface area contributed by atoms with Gasteiger partial charge in [-0.05, 0) is 75.4 Å². The molecule has 0 saturated carbocycles.